The summed E-state index contributed by atoms with van der Waals surface area (Å²) in [4.78, 5) is 37.0. The van der Waals surface area contributed by atoms with E-state index in [1.54, 1.807) is 41.3 Å². The predicted molar refractivity (Wildman–Crippen MR) is 98.4 cm³/mol. The molecule has 27 heavy (non-hydrogen) atoms. The lowest BCUT2D eigenvalue weighted by atomic mass is 10.0. The molecule has 1 unspecified atom stereocenters. The van der Waals surface area contributed by atoms with E-state index in [4.69, 9.17) is 5.73 Å². The average molecular weight is 369 g/mol. The molecule has 1 aliphatic rings. The van der Waals surface area contributed by atoms with E-state index in [1.807, 2.05) is 0 Å². The van der Waals surface area contributed by atoms with Gasteiger partial charge in [0.1, 0.15) is 6.04 Å². The molecule has 0 saturated heterocycles. The second kappa shape index (κ2) is 7.46. The zero-order valence-corrected chi connectivity index (χ0v) is 14.6. The molecule has 3 rings (SSSR count). The highest BCUT2D eigenvalue weighted by molar-refractivity contribution is 6.05. The third-order valence-corrected chi connectivity index (χ3v) is 4.43. The van der Waals surface area contributed by atoms with E-state index in [0.29, 0.717) is 23.5 Å². The van der Waals surface area contributed by atoms with Crippen LogP contribution in [0.4, 0.5) is 11.4 Å². The van der Waals surface area contributed by atoms with Gasteiger partial charge in [0.2, 0.25) is 11.8 Å². The number of nitrogens with two attached hydrogens (primary N) is 1. The molecule has 0 fully saturated rings. The summed E-state index contributed by atoms with van der Waals surface area (Å²) in [5, 5.41) is 12.4. The van der Waals surface area contributed by atoms with Crippen molar-refractivity contribution in [2.45, 2.75) is 12.6 Å². The number of methoxy groups -OCH3 is 1. The maximum atomic E-state index is 12.4. The molecule has 8 nitrogen and oxygen atoms in total. The number of aliphatic hydroxyl groups is 1. The quantitative estimate of drug-likeness (QED) is 0.673. The first-order chi connectivity index (χ1) is 12.9. The molecule has 0 radical (unpaired) electrons. The first-order valence-corrected chi connectivity index (χ1v) is 8.24. The van der Waals surface area contributed by atoms with Crippen LogP contribution < -0.4 is 16.0 Å². The molecule has 2 aromatic carbocycles. The number of esters is 1. The van der Waals surface area contributed by atoms with Crippen LogP contribution in [0.25, 0.3) is 0 Å². The van der Waals surface area contributed by atoms with Crippen molar-refractivity contribution in [2.75, 3.05) is 23.9 Å². The summed E-state index contributed by atoms with van der Waals surface area (Å²) >= 11 is 0. The number of benzene rings is 2. The van der Waals surface area contributed by atoms with Crippen LogP contribution in [0.3, 0.4) is 0 Å². The number of nitrogens with one attached hydrogen (secondary N) is 1. The van der Waals surface area contributed by atoms with Crippen molar-refractivity contribution in [3.63, 3.8) is 0 Å². The molecule has 4 N–H and O–H groups in total. The third-order valence-electron chi connectivity index (χ3n) is 4.43. The van der Waals surface area contributed by atoms with Crippen molar-refractivity contribution in [3.05, 3.63) is 59.2 Å². The van der Waals surface area contributed by atoms with E-state index in [1.165, 1.54) is 13.2 Å². The summed E-state index contributed by atoms with van der Waals surface area (Å²) < 4.78 is 4.68. The van der Waals surface area contributed by atoms with Gasteiger partial charge in [-0.05, 0) is 35.9 Å². The summed E-state index contributed by atoms with van der Waals surface area (Å²) in [6.45, 7) is -0.0495. The molecule has 2 amide bonds. The van der Waals surface area contributed by atoms with Crippen molar-refractivity contribution >= 4 is 29.2 Å². The lowest BCUT2D eigenvalue weighted by Crippen LogP contribution is -2.49. The zero-order valence-electron chi connectivity index (χ0n) is 14.6. The number of aliphatic hydroxyl groups excluding tert-OH is 1. The molecule has 1 heterocycles. The smallest absolute Gasteiger partial charge is 0.337 e. The summed E-state index contributed by atoms with van der Waals surface area (Å²) in [7, 11) is 1.31. The van der Waals surface area contributed by atoms with Crippen LogP contribution >= 0.6 is 0 Å². The normalized spacial score (nSPS) is 15.7. The standard InChI is InChI=1S/C19H19N3O5/c1-27-19(26)12-4-2-11(3-5-12)9-22-15-7-6-13(17(20)24)8-14(15)21-18(25)16(22)10-23/h2-8,16,23H,9-10H2,1H3,(H2,20,24)(H,21,25). The summed E-state index contributed by atoms with van der Waals surface area (Å²) in [6.07, 6.45) is 0. The lowest BCUT2D eigenvalue weighted by molar-refractivity contribution is -0.118. The van der Waals surface area contributed by atoms with Gasteiger partial charge in [-0.1, -0.05) is 12.1 Å². The summed E-state index contributed by atoms with van der Waals surface area (Å²) in [5.41, 5.74) is 7.94. The van der Waals surface area contributed by atoms with Gasteiger partial charge in [0.25, 0.3) is 0 Å². The van der Waals surface area contributed by atoms with Gasteiger partial charge in [0.05, 0.1) is 30.7 Å². The van der Waals surface area contributed by atoms with Crippen molar-refractivity contribution in [3.8, 4) is 0 Å². The number of carbonyl (C=O) groups excluding carboxylic acids is 3. The van der Waals surface area contributed by atoms with Crippen LogP contribution in [0.1, 0.15) is 26.3 Å². The minimum atomic E-state index is -0.780. The lowest BCUT2D eigenvalue weighted by Gasteiger charge is -2.37. The van der Waals surface area contributed by atoms with Gasteiger partial charge < -0.3 is 25.8 Å². The molecule has 0 saturated carbocycles. The Morgan fingerprint density at radius 1 is 1.19 bits per heavy atom. The maximum absolute atomic E-state index is 12.4. The third kappa shape index (κ3) is 3.61. The number of carbonyl (C=O) groups is 3. The number of rotatable bonds is 5. The number of fused-ring (bicyclic) bond motifs is 1. The van der Waals surface area contributed by atoms with Crippen molar-refractivity contribution < 1.29 is 24.2 Å². The minimum absolute atomic E-state index is 0.277. The van der Waals surface area contributed by atoms with E-state index >= 15 is 0 Å². The van der Waals surface area contributed by atoms with Gasteiger partial charge in [-0.15, -0.1) is 0 Å². The highest BCUT2D eigenvalue weighted by atomic mass is 16.5. The van der Waals surface area contributed by atoms with Gasteiger partial charge in [-0.3, -0.25) is 9.59 Å². The van der Waals surface area contributed by atoms with Crippen LogP contribution in [0, 0.1) is 0 Å². The second-order valence-corrected chi connectivity index (χ2v) is 6.10. The second-order valence-electron chi connectivity index (χ2n) is 6.10. The number of ether oxygens (including phenoxy) is 1. The topological polar surface area (TPSA) is 122 Å². The Kier molecular flexibility index (Phi) is 5.09. The van der Waals surface area contributed by atoms with E-state index in [9.17, 15) is 19.5 Å². The number of primary amides is 1. The van der Waals surface area contributed by atoms with E-state index in [-0.39, 0.29) is 18.1 Å². The molecular weight excluding hydrogens is 350 g/mol. The largest absolute Gasteiger partial charge is 0.465 e. The molecule has 0 aromatic heterocycles. The highest BCUT2D eigenvalue weighted by Gasteiger charge is 2.32. The molecule has 0 spiro atoms. The van der Waals surface area contributed by atoms with Crippen LogP contribution in [0.15, 0.2) is 42.5 Å². The van der Waals surface area contributed by atoms with Gasteiger partial charge in [0.15, 0.2) is 0 Å². The number of nitrogens with zero attached hydrogens (tertiary/aromatic N) is 1. The molecule has 8 heteroatoms. The summed E-state index contributed by atoms with van der Waals surface area (Å²) in [5.74, 6) is -1.41. The van der Waals surface area contributed by atoms with Crippen LogP contribution in [0.2, 0.25) is 0 Å². The Morgan fingerprint density at radius 3 is 2.44 bits per heavy atom. The van der Waals surface area contributed by atoms with Crippen molar-refractivity contribution in [1.82, 2.24) is 0 Å². The Morgan fingerprint density at radius 2 is 1.85 bits per heavy atom. The molecule has 2 aromatic rings. The number of amides is 2. The number of hydrogen-bond donors (Lipinski definition) is 3. The number of anilines is 2. The summed E-state index contributed by atoms with van der Waals surface area (Å²) in [6, 6.07) is 10.8. The highest BCUT2D eigenvalue weighted by Crippen LogP contribution is 2.34. The Hall–Kier alpha value is -3.39. The van der Waals surface area contributed by atoms with Gasteiger partial charge in [0, 0.05) is 12.1 Å². The van der Waals surface area contributed by atoms with Gasteiger partial charge >= 0.3 is 5.97 Å². The zero-order chi connectivity index (χ0) is 19.6. The first-order valence-electron chi connectivity index (χ1n) is 8.24. The van der Waals surface area contributed by atoms with E-state index in [0.717, 1.165) is 5.56 Å². The monoisotopic (exact) mass is 369 g/mol. The molecule has 140 valence electrons. The minimum Gasteiger partial charge on any atom is -0.465 e. The van der Waals surface area contributed by atoms with Crippen LogP contribution in [-0.2, 0) is 16.1 Å². The van der Waals surface area contributed by atoms with E-state index < -0.39 is 17.9 Å². The molecule has 0 aliphatic carbocycles. The molecular formula is C19H19N3O5. The average Bonchev–Trinajstić information content (AvgIpc) is 2.67. The predicted octanol–water partition coefficient (Wildman–Crippen LogP) is 0.892. The van der Waals surface area contributed by atoms with Gasteiger partial charge in [-0.25, -0.2) is 4.79 Å². The Balaban J connectivity index is 1.94. The Bertz CT molecular complexity index is 895. The fourth-order valence-corrected chi connectivity index (χ4v) is 3.00. The molecule has 1 atom stereocenters. The van der Waals surface area contributed by atoms with Crippen molar-refractivity contribution in [1.29, 1.82) is 0 Å². The van der Waals surface area contributed by atoms with Crippen molar-refractivity contribution in [2.24, 2.45) is 5.73 Å². The van der Waals surface area contributed by atoms with Gasteiger partial charge in [-0.2, -0.15) is 0 Å². The van der Waals surface area contributed by atoms with Crippen LogP contribution in [0.5, 0.6) is 0 Å². The fourth-order valence-electron chi connectivity index (χ4n) is 3.00. The maximum Gasteiger partial charge on any atom is 0.337 e. The molecule has 0 bridgehead atoms. The Labute approximate surface area is 155 Å². The fraction of sp³-hybridized carbons (Fsp3) is 0.211. The number of hydrogen-bond acceptors (Lipinski definition) is 6. The first kappa shape index (κ1) is 18.4. The van der Waals surface area contributed by atoms with E-state index in [2.05, 4.69) is 10.1 Å². The SMILES string of the molecule is COC(=O)c1ccc(CN2c3ccc(C(N)=O)cc3NC(=O)C2CO)cc1. The molecule has 1 aliphatic heterocycles. The van der Waals surface area contributed by atoms with Crippen LogP contribution in [-0.4, -0.2) is 42.6 Å².